The average Bonchev–Trinajstić information content (AvgIpc) is 2.32. The Morgan fingerprint density at radius 1 is 1.44 bits per heavy atom. The monoisotopic (exact) mass is 289 g/mol. The van der Waals surface area contributed by atoms with Gasteiger partial charge >= 0.3 is 10.2 Å². The molecule has 1 aromatic heterocycles. The van der Waals surface area contributed by atoms with Crippen molar-refractivity contribution in [3.05, 3.63) is 23.5 Å². The SMILES string of the molecule is CC1CCCCN1S(=O)(=O)Nc1ccc(Cl)nc1. The third kappa shape index (κ3) is 3.13. The highest BCUT2D eigenvalue weighted by Gasteiger charge is 2.29. The molecule has 2 heterocycles. The van der Waals surface area contributed by atoms with Crippen LogP contribution in [-0.2, 0) is 10.2 Å². The number of nitrogens with one attached hydrogen (secondary N) is 1. The van der Waals surface area contributed by atoms with Crippen molar-refractivity contribution in [1.82, 2.24) is 9.29 Å². The van der Waals surface area contributed by atoms with E-state index in [0.717, 1.165) is 19.3 Å². The van der Waals surface area contributed by atoms with Crippen LogP contribution in [0.25, 0.3) is 0 Å². The molecule has 18 heavy (non-hydrogen) atoms. The van der Waals surface area contributed by atoms with E-state index in [1.807, 2.05) is 6.92 Å². The summed E-state index contributed by atoms with van der Waals surface area (Å²) in [5.41, 5.74) is 0.428. The molecule has 100 valence electrons. The van der Waals surface area contributed by atoms with E-state index in [1.165, 1.54) is 10.5 Å². The van der Waals surface area contributed by atoms with Gasteiger partial charge in [-0.3, -0.25) is 4.72 Å². The van der Waals surface area contributed by atoms with Gasteiger partial charge in [0.15, 0.2) is 0 Å². The van der Waals surface area contributed by atoms with Crippen LogP contribution in [0, 0.1) is 0 Å². The highest BCUT2D eigenvalue weighted by atomic mass is 35.5. The van der Waals surface area contributed by atoms with Crippen molar-refractivity contribution in [2.75, 3.05) is 11.3 Å². The van der Waals surface area contributed by atoms with E-state index < -0.39 is 10.2 Å². The van der Waals surface area contributed by atoms with Crippen LogP contribution in [0.2, 0.25) is 5.15 Å². The third-order valence-electron chi connectivity index (χ3n) is 3.02. The lowest BCUT2D eigenvalue weighted by Crippen LogP contribution is -2.44. The fraction of sp³-hybridized carbons (Fsp3) is 0.545. The minimum atomic E-state index is -3.50. The molecule has 0 aliphatic carbocycles. The Kier molecular flexibility index (Phi) is 4.09. The molecule has 7 heteroatoms. The van der Waals surface area contributed by atoms with Gasteiger partial charge in [-0.05, 0) is 31.9 Å². The topological polar surface area (TPSA) is 62.3 Å². The molecule has 5 nitrogen and oxygen atoms in total. The molecule has 0 saturated carbocycles. The third-order valence-corrected chi connectivity index (χ3v) is 4.90. The van der Waals surface area contributed by atoms with Gasteiger partial charge in [0.1, 0.15) is 5.15 Å². The van der Waals surface area contributed by atoms with Gasteiger partial charge in [0.25, 0.3) is 0 Å². The first-order valence-corrected chi connectivity index (χ1v) is 7.72. The minimum absolute atomic E-state index is 0.0384. The number of anilines is 1. The molecule has 2 rings (SSSR count). The zero-order valence-corrected chi connectivity index (χ0v) is 11.7. The fourth-order valence-electron chi connectivity index (χ4n) is 2.07. The number of hydrogen-bond donors (Lipinski definition) is 1. The van der Waals surface area contributed by atoms with Crippen LogP contribution in [-0.4, -0.2) is 30.3 Å². The van der Waals surface area contributed by atoms with E-state index in [0.29, 0.717) is 17.4 Å². The summed E-state index contributed by atoms with van der Waals surface area (Å²) in [4.78, 5) is 3.85. The molecule has 0 bridgehead atoms. The van der Waals surface area contributed by atoms with E-state index in [4.69, 9.17) is 11.6 Å². The summed E-state index contributed by atoms with van der Waals surface area (Å²) in [5.74, 6) is 0. The molecule has 1 N–H and O–H groups in total. The zero-order valence-electron chi connectivity index (χ0n) is 10.1. The molecule has 1 unspecified atom stereocenters. The van der Waals surface area contributed by atoms with Crippen molar-refractivity contribution >= 4 is 27.5 Å². The fourth-order valence-corrected chi connectivity index (χ4v) is 3.67. The van der Waals surface area contributed by atoms with E-state index >= 15 is 0 Å². The average molecular weight is 290 g/mol. The first kappa shape index (κ1) is 13.6. The van der Waals surface area contributed by atoms with Crippen LogP contribution < -0.4 is 4.72 Å². The van der Waals surface area contributed by atoms with Gasteiger partial charge in [-0.2, -0.15) is 12.7 Å². The van der Waals surface area contributed by atoms with Gasteiger partial charge in [0, 0.05) is 12.6 Å². The van der Waals surface area contributed by atoms with E-state index in [1.54, 1.807) is 12.1 Å². The maximum atomic E-state index is 12.2. The molecule has 0 aromatic carbocycles. The summed E-state index contributed by atoms with van der Waals surface area (Å²) >= 11 is 5.66. The molecular weight excluding hydrogens is 274 g/mol. The lowest BCUT2D eigenvalue weighted by molar-refractivity contribution is 0.270. The molecule has 1 aliphatic heterocycles. The molecule has 1 aromatic rings. The van der Waals surface area contributed by atoms with Crippen LogP contribution in [0.5, 0.6) is 0 Å². The summed E-state index contributed by atoms with van der Waals surface area (Å²) in [6, 6.07) is 3.19. The predicted molar refractivity (Wildman–Crippen MR) is 71.8 cm³/mol. The van der Waals surface area contributed by atoms with Crippen molar-refractivity contribution in [3.63, 3.8) is 0 Å². The molecule has 0 radical (unpaired) electrons. The van der Waals surface area contributed by atoms with Gasteiger partial charge in [-0.25, -0.2) is 4.98 Å². The van der Waals surface area contributed by atoms with Crippen molar-refractivity contribution in [3.8, 4) is 0 Å². The van der Waals surface area contributed by atoms with Gasteiger partial charge in [0.05, 0.1) is 11.9 Å². The van der Waals surface area contributed by atoms with E-state index in [2.05, 4.69) is 9.71 Å². The lowest BCUT2D eigenvalue weighted by Gasteiger charge is -2.32. The Morgan fingerprint density at radius 3 is 2.83 bits per heavy atom. The number of halogens is 1. The van der Waals surface area contributed by atoms with E-state index in [9.17, 15) is 8.42 Å². The van der Waals surface area contributed by atoms with Gasteiger partial charge in [0.2, 0.25) is 0 Å². The van der Waals surface area contributed by atoms with Gasteiger partial charge in [-0.15, -0.1) is 0 Å². The highest BCUT2D eigenvalue weighted by molar-refractivity contribution is 7.90. The van der Waals surface area contributed by atoms with Crippen LogP contribution in [0.15, 0.2) is 18.3 Å². The van der Waals surface area contributed by atoms with Crippen molar-refractivity contribution in [2.24, 2.45) is 0 Å². The number of pyridine rings is 1. The van der Waals surface area contributed by atoms with Gasteiger partial charge < -0.3 is 0 Å². The quantitative estimate of drug-likeness (QED) is 0.868. The Labute approximate surface area is 112 Å². The first-order chi connectivity index (χ1) is 8.49. The largest absolute Gasteiger partial charge is 0.301 e. The smallest absolute Gasteiger partial charge is 0.269 e. The molecule has 0 spiro atoms. The Bertz CT molecular complexity index is 504. The second-order valence-electron chi connectivity index (χ2n) is 4.43. The molecule has 1 saturated heterocycles. The predicted octanol–water partition coefficient (Wildman–Crippen LogP) is 2.27. The highest BCUT2D eigenvalue weighted by Crippen LogP contribution is 2.21. The molecule has 0 amide bonds. The van der Waals surface area contributed by atoms with Crippen molar-refractivity contribution in [2.45, 2.75) is 32.2 Å². The number of rotatable bonds is 3. The standard InChI is InChI=1S/C11H16ClN3O2S/c1-9-4-2-3-7-15(9)18(16,17)14-10-5-6-11(12)13-8-10/h5-6,8-9,14H,2-4,7H2,1H3. The summed E-state index contributed by atoms with van der Waals surface area (Å²) < 4.78 is 28.4. The van der Waals surface area contributed by atoms with Crippen LogP contribution in [0.3, 0.4) is 0 Å². The van der Waals surface area contributed by atoms with Crippen LogP contribution in [0.1, 0.15) is 26.2 Å². The molecule has 1 fully saturated rings. The summed E-state index contributed by atoms with van der Waals surface area (Å²) in [6.07, 6.45) is 4.30. The normalized spacial score (nSPS) is 21.8. The Morgan fingerprint density at radius 2 is 2.22 bits per heavy atom. The van der Waals surface area contributed by atoms with Crippen molar-refractivity contribution < 1.29 is 8.42 Å². The zero-order chi connectivity index (χ0) is 13.2. The number of aromatic nitrogens is 1. The lowest BCUT2D eigenvalue weighted by atomic mass is 10.1. The number of hydrogen-bond acceptors (Lipinski definition) is 3. The molecule has 1 atom stereocenters. The van der Waals surface area contributed by atoms with Crippen molar-refractivity contribution in [1.29, 1.82) is 0 Å². The maximum Gasteiger partial charge on any atom is 0.301 e. The van der Waals surface area contributed by atoms with Crippen LogP contribution in [0.4, 0.5) is 5.69 Å². The maximum absolute atomic E-state index is 12.2. The number of piperidine rings is 1. The van der Waals surface area contributed by atoms with E-state index in [-0.39, 0.29) is 6.04 Å². The Balaban J connectivity index is 2.13. The summed E-state index contributed by atoms with van der Waals surface area (Å²) in [7, 11) is -3.50. The Hall–Kier alpha value is -0.850. The second-order valence-corrected chi connectivity index (χ2v) is 6.44. The van der Waals surface area contributed by atoms with Gasteiger partial charge in [-0.1, -0.05) is 18.0 Å². The molecular formula is C11H16ClN3O2S. The summed E-state index contributed by atoms with van der Waals surface area (Å²) in [5, 5.41) is 0.337. The summed E-state index contributed by atoms with van der Waals surface area (Å²) in [6.45, 7) is 2.50. The number of nitrogens with zero attached hydrogens (tertiary/aromatic N) is 2. The molecule has 1 aliphatic rings. The first-order valence-electron chi connectivity index (χ1n) is 5.90. The minimum Gasteiger partial charge on any atom is -0.269 e. The second kappa shape index (κ2) is 5.42. The van der Waals surface area contributed by atoms with Crippen LogP contribution >= 0.6 is 11.6 Å².